The Morgan fingerprint density at radius 3 is 2.24 bits per heavy atom. The number of aromatic nitrogens is 2. The zero-order chi connectivity index (χ0) is 20.8. The molecule has 150 valence electrons. The van der Waals surface area contributed by atoms with Crippen LogP contribution in [0.15, 0.2) is 60.9 Å². The summed E-state index contributed by atoms with van der Waals surface area (Å²) in [4.78, 5) is 21.2. The van der Waals surface area contributed by atoms with Crippen LogP contribution < -0.4 is 15.4 Å². The molecule has 0 saturated heterocycles. The first-order valence-corrected chi connectivity index (χ1v) is 9.69. The van der Waals surface area contributed by atoms with Crippen molar-refractivity contribution in [2.24, 2.45) is 0 Å². The van der Waals surface area contributed by atoms with E-state index < -0.39 is 0 Å². The number of amides is 1. The zero-order valence-corrected chi connectivity index (χ0v) is 17.1. The highest BCUT2D eigenvalue weighted by Gasteiger charge is 2.13. The van der Waals surface area contributed by atoms with Crippen molar-refractivity contribution >= 4 is 23.1 Å². The zero-order valence-electron chi connectivity index (χ0n) is 17.1. The normalized spacial score (nSPS) is 10.8. The second-order valence-corrected chi connectivity index (χ2v) is 7.27. The summed E-state index contributed by atoms with van der Waals surface area (Å²) < 4.78 is 5.74. The Kier molecular flexibility index (Phi) is 6.44. The summed E-state index contributed by atoms with van der Waals surface area (Å²) in [5.74, 6) is 1.24. The van der Waals surface area contributed by atoms with Gasteiger partial charge >= 0.3 is 0 Å². The van der Waals surface area contributed by atoms with E-state index in [1.165, 1.54) is 11.8 Å². The summed E-state index contributed by atoms with van der Waals surface area (Å²) in [5.41, 5.74) is 3.00. The molecule has 3 rings (SSSR count). The molecule has 0 bridgehead atoms. The van der Waals surface area contributed by atoms with Gasteiger partial charge in [0.15, 0.2) is 0 Å². The van der Waals surface area contributed by atoms with Gasteiger partial charge in [-0.05, 0) is 43.5 Å². The Labute approximate surface area is 171 Å². The van der Waals surface area contributed by atoms with Crippen molar-refractivity contribution in [3.8, 4) is 5.75 Å². The van der Waals surface area contributed by atoms with Crippen LogP contribution in [0.5, 0.6) is 5.75 Å². The van der Waals surface area contributed by atoms with Gasteiger partial charge in [-0.15, -0.1) is 0 Å². The van der Waals surface area contributed by atoms with Crippen LogP contribution in [0.1, 0.15) is 49.7 Å². The highest BCUT2D eigenvalue weighted by molar-refractivity contribution is 6.03. The number of nitrogens with zero attached hydrogens (tertiary/aromatic N) is 2. The van der Waals surface area contributed by atoms with E-state index in [1.807, 2.05) is 50.2 Å². The van der Waals surface area contributed by atoms with Gasteiger partial charge in [0.2, 0.25) is 0 Å². The van der Waals surface area contributed by atoms with Crippen LogP contribution in [0.25, 0.3) is 0 Å². The quantitative estimate of drug-likeness (QED) is 0.566. The molecule has 2 N–H and O–H groups in total. The number of benzene rings is 2. The number of ether oxygens (including phenoxy) is 1. The first-order valence-electron chi connectivity index (χ1n) is 9.69. The van der Waals surface area contributed by atoms with E-state index in [0.29, 0.717) is 23.2 Å². The SMILES string of the molecule is CC(C)Oc1ccccc1NC(=O)c1cnc(Nc2ccccc2C(C)C)cn1. The minimum atomic E-state index is -0.341. The van der Waals surface area contributed by atoms with Gasteiger partial charge in [-0.25, -0.2) is 9.97 Å². The van der Waals surface area contributed by atoms with E-state index in [-0.39, 0.29) is 17.7 Å². The van der Waals surface area contributed by atoms with Crippen molar-refractivity contribution < 1.29 is 9.53 Å². The first-order chi connectivity index (χ1) is 13.9. The number of nitrogens with one attached hydrogen (secondary N) is 2. The molecule has 0 spiro atoms. The number of carbonyl (C=O) groups is 1. The minimum absolute atomic E-state index is 0.00641. The molecule has 0 saturated carbocycles. The molecule has 0 aliphatic rings. The molecule has 2 aromatic carbocycles. The van der Waals surface area contributed by atoms with Gasteiger partial charge in [-0.2, -0.15) is 0 Å². The lowest BCUT2D eigenvalue weighted by Gasteiger charge is -2.15. The molecule has 0 unspecified atom stereocenters. The van der Waals surface area contributed by atoms with E-state index >= 15 is 0 Å². The van der Waals surface area contributed by atoms with Gasteiger partial charge < -0.3 is 15.4 Å². The van der Waals surface area contributed by atoms with E-state index in [1.54, 1.807) is 12.3 Å². The smallest absolute Gasteiger partial charge is 0.275 e. The summed E-state index contributed by atoms with van der Waals surface area (Å²) >= 11 is 0. The van der Waals surface area contributed by atoms with E-state index in [4.69, 9.17) is 4.74 Å². The molecular formula is C23H26N4O2. The molecule has 0 fully saturated rings. The summed E-state index contributed by atoms with van der Waals surface area (Å²) in [5, 5.41) is 6.11. The van der Waals surface area contributed by atoms with E-state index in [2.05, 4.69) is 40.5 Å². The third-order valence-corrected chi connectivity index (χ3v) is 4.23. The summed E-state index contributed by atoms with van der Waals surface area (Å²) in [6.07, 6.45) is 3.02. The van der Waals surface area contributed by atoms with Crippen molar-refractivity contribution in [1.82, 2.24) is 9.97 Å². The fourth-order valence-corrected chi connectivity index (χ4v) is 2.88. The van der Waals surface area contributed by atoms with Crippen molar-refractivity contribution in [2.75, 3.05) is 10.6 Å². The van der Waals surface area contributed by atoms with Crippen LogP contribution in [-0.2, 0) is 0 Å². The van der Waals surface area contributed by atoms with E-state index in [0.717, 1.165) is 5.69 Å². The molecule has 0 radical (unpaired) electrons. The molecular weight excluding hydrogens is 364 g/mol. The standard InChI is InChI=1S/C23H26N4O2/c1-15(2)17-9-5-6-10-18(17)26-22-14-24-20(13-25-22)23(28)27-19-11-7-8-12-21(19)29-16(3)4/h5-16H,1-4H3,(H,25,26)(H,27,28). The Morgan fingerprint density at radius 2 is 1.59 bits per heavy atom. The average Bonchev–Trinajstić information content (AvgIpc) is 2.70. The van der Waals surface area contributed by atoms with Crippen LogP contribution >= 0.6 is 0 Å². The highest BCUT2D eigenvalue weighted by Crippen LogP contribution is 2.27. The van der Waals surface area contributed by atoms with Crippen LogP contribution in [-0.4, -0.2) is 22.0 Å². The highest BCUT2D eigenvalue weighted by atomic mass is 16.5. The van der Waals surface area contributed by atoms with Crippen molar-refractivity contribution in [3.63, 3.8) is 0 Å². The molecule has 6 nitrogen and oxygen atoms in total. The second-order valence-electron chi connectivity index (χ2n) is 7.27. The Bertz CT molecular complexity index is 969. The summed E-state index contributed by atoms with van der Waals surface area (Å²) in [6.45, 7) is 8.15. The van der Waals surface area contributed by atoms with Gasteiger partial charge in [-0.1, -0.05) is 44.2 Å². The molecule has 3 aromatic rings. The fraction of sp³-hybridized carbons (Fsp3) is 0.261. The van der Waals surface area contributed by atoms with Crippen LogP contribution in [0.3, 0.4) is 0 Å². The fourth-order valence-electron chi connectivity index (χ4n) is 2.88. The lowest BCUT2D eigenvalue weighted by Crippen LogP contribution is -2.16. The predicted octanol–water partition coefficient (Wildman–Crippen LogP) is 5.38. The van der Waals surface area contributed by atoms with Crippen molar-refractivity contribution in [3.05, 3.63) is 72.2 Å². The maximum Gasteiger partial charge on any atom is 0.275 e. The number of rotatable bonds is 7. The Hall–Kier alpha value is -3.41. The number of para-hydroxylation sites is 3. The van der Waals surface area contributed by atoms with Crippen LogP contribution in [0.2, 0.25) is 0 Å². The molecule has 1 amide bonds. The van der Waals surface area contributed by atoms with E-state index in [9.17, 15) is 4.79 Å². The molecule has 0 aliphatic heterocycles. The van der Waals surface area contributed by atoms with Gasteiger partial charge in [0, 0.05) is 5.69 Å². The lowest BCUT2D eigenvalue weighted by molar-refractivity contribution is 0.102. The van der Waals surface area contributed by atoms with Gasteiger partial charge in [0.05, 0.1) is 24.2 Å². The average molecular weight is 390 g/mol. The molecule has 0 atom stereocenters. The van der Waals surface area contributed by atoms with Gasteiger partial charge in [-0.3, -0.25) is 4.79 Å². The molecule has 6 heteroatoms. The maximum atomic E-state index is 12.6. The molecule has 29 heavy (non-hydrogen) atoms. The van der Waals surface area contributed by atoms with Gasteiger partial charge in [0.25, 0.3) is 5.91 Å². The number of anilines is 3. The maximum absolute atomic E-state index is 12.6. The largest absolute Gasteiger partial charge is 0.489 e. The lowest BCUT2D eigenvalue weighted by atomic mass is 10.0. The monoisotopic (exact) mass is 390 g/mol. The van der Waals surface area contributed by atoms with Gasteiger partial charge in [0.1, 0.15) is 17.3 Å². The third kappa shape index (κ3) is 5.31. The van der Waals surface area contributed by atoms with Crippen molar-refractivity contribution in [2.45, 2.75) is 39.7 Å². The third-order valence-electron chi connectivity index (χ3n) is 4.23. The van der Waals surface area contributed by atoms with Crippen LogP contribution in [0, 0.1) is 0 Å². The summed E-state index contributed by atoms with van der Waals surface area (Å²) in [6, 6.07) is 15.4. The number of hydrogen-bond donors (Lipinski definition) is 2. The molecule has 1 aromatic heterocycles. The first kappa shape index (κ1) is 20.3. The minimum Gasteiger partial charge on any atom is -0.489 e. The summed E-state index contributed by atoms with van der Waals surface area (Å²) in [7, 11) is 0. The Morgan fingerprint density at radius 1 is 0.897 bits per heavy atom. The topological polar surface area (TPSA) is 76.1 Å². The predicted molar refractivity (Wildman–Crippen MR) is 116 cm³/mol. The van der Waals surface area contributed by atoms with Crippen LogP contribution in [0.4, 0.5) is 17.2 Å². The molecule has 0 aliphatic carbocycles. The second kappa shape index (κ2) is 9.19. The number of carbonyl (C=O) groups excluding carboxylic acids is 1. The van der Waals surface area contributed by atoms with Crippen molar-refractivity contribution in [1.29, 1.82) is 0 Å². The number of hydrogen-bond acceptors (Lipinski definition) is 5. The molecule has 1 heterocycles. The Balaban J connectivity index is 1.72.